The minimum absolute atomic E-state index is 0.120. The van der Waals surface area contributed by atoms with E-state index in [0.717, 1.165) is 17.9 Å². The van der Waals surface area contributed by atoms with Crippen molar-refractivity contribution in [3.8, 4) is 0 Å². The molecule has 3 N–H and O–H groups in total. The standard InChI is InChI=1S/C17H22FN5S/c1-11-9-14(21-13-7-5-12(18)6-8-13)22-15(20-11)23-16(24)19-10-17(2,3)4/h5-9H,10H2,1-4H3,(H3,19,20,21,22,23,24). The highest BCUT2D eigenvalue weighted by Gasteiger charge is 2.11. The maximum atomic E-state index is 13.0. The monoisotopic (exact) mass is 347 g/mol. The number of halogens is 1. The van der Waals surface area contributed by atoms with Crippen LogP contribution in [0.2, 0.25) is 0 Å². The van der Waals surface area contributed by atoms with Gasteiger partial charge in [-0.2, -0.15) is 4.98 Å². The molecule has 0 radical (unpaired) electrons. The summed E-state index contributed by atoms with van der Waals surface area (Å²) in [4.78, 5) is 8.71. The second kappa shape index (κ2) is 7.53. The first-order valence-electron chi connectivity index (χ1n) is 7.64. The van der Waals surface area contributed by atoms with Crippen molar-refractivity contribution in [2.24, 2.45) is 5.41 Å². The Morgan fingerprint density at radius 2 is 1.83 bits per heavy atom. The van der Waals surface area contributed by atoms with Crippen LogP contribution in [0.15, 0.2) is 30.3 Å². The predicted molar refractivity (Wildman–Crippen MR) is 100 cm³/mol. The molecule has 1 aromatic heterocycles. The molecule has 5 nitrogen and oxygen atoms in total. The number of thiocarbonyl (C=S) groups is 1. The summed E-state index contributed by atoms with van der Waals surface area (Å²) in [5.41, 5.74) is 1.65. The molecule has 7 heteroatoms. The van der Waals surface area contributed by atoms with Gasteiger partial charge in [0.25, 0.3) is 0 Å². The van der Waals surface area contributed by atoms with Crippen LogP contribution >= 0.6 is 12.2 Å². The van der Waals surface area contributed by atoms with Gasteiger partial charge in [-0.3, -0.25) is 0 Å². The number of hydrogen-bond acceptors (Lipinski definition) is 4. The Morgan fingerprint density at radius 3 is 2.46 bits per heavy atom. The van der Waals surface area contributed by atoms with Crippen molar-refractivity contribution in [3.63, 3.8) is 0 Å². The number of nitrogens with one attached hydrogen (secondary N) is 3. The second-order valence-electron chi connectivity index (χ2n) is 6.72. The summed E-state index contributed by atoms with van der Waals surface area (Å²) in [6.07, 6.45) is 0. The normalized spacial score (nSPS) is 11.0. The number of aromatic nitrogens is 2. The van der Waals surface area contributed by atoms with Crippen LogP contribution in [0.3, 0.4) is 0 Å². The van der Waals surface area contributed by atoms with Crippen molar-refractivity contribution in [1.82, 2.24) is 15.3 Å². The van der Waals surface area contributed by atoms with E-state index < -0.39 is 0 Å². The van der Waals surface area contributed by atoms with E-state index in [0.29, 0.717) is 16.9 Å². The lowest BCUT2D eigenvalue weighted by Gasteiger charge is -2.20. The molecular weight excluding hydrogens is 325 g/mol. The number of nitrogens with zero attached hydrogens (tertiary/aromatic N) is 2. The van der Waals surface area contributed by atoms with Gasteiger partial charge < -0.3 is 16.0 Å². The molecule has 0 aliphatic carbocycles. The molecule has 2 rings (SSSR count). The molecule has 0 fully saturated rings. The van der Waals surface area contributed by atoms with Crippen molar-refractivity contribution in [1.29, 1.82) is 0 Å². The van der Waals surface area contributed by atoms with Crippen molar-refractivity contribution < 1.29 is 4.39 Å². The van der Waals surface area contributed by atoms with Crippen LogP contribution in [0, 0.1) is 18.2 Å². The highest BCUT2D eigenvalue weighted by Crippen LogP contribution is 2.17. The third kappa shape index (κ3) is 6.08. The van der Waals surface area contributed by atoms with Gasteiger partial charge in [-0.25, -0.2) is 9.37 Å². The zero-order valence-corrected chi connectivity index (χ0v) is 15.1. The quantitative estimate of drug-likeness (QED) is 0.727. The van der Waals surface area contributed by atoms with E-state index in [9.17, 15) is 4.39 Å². The van der Waals surface area contributed by atoms with Gasteiger partial charge in [-0.1, -0.05) is 20.8 Å². The minimum Gasteiger partial charge on any atom is -0.362 e. The van der Waals surface area contributed by atoms with E-state index in [4.69, 9.17) is 12.2 Å². The van der Waals surface area contributed by atoms with Crippen molar-refractivity contribution >= 4 is 34.8 Å². The topological polar surface area (TPSA) is 61.9 Å². The first-order chi connectivity index (χ1) is 11.2. The first kappa shape index (κ1) is 18.1. The van der Waals surface area contributed by atoms with E-state index in [1.807, 2.05) is 6.92 Å². The maximum Gasteiger partial charge on any atom is 0.231 e. The van der Waals surface area contributed by atoms with Gasteiger partial charge in [-0.15, -0.1) is 0 Å². The molecule has 128 valence electrons. The number of rotatable bonds is 4. The average Bonchev–Trinajstić information content (AvgIpc) is 2.46. The number of hydrogen-bond donors (Lipinski definition) is 3. The third-order valence-electron chi connectivity index (χ3n) is 2.98. The second-order valence-corrected chi connectivity index (χ2v) is 7.13. The zero-order valence-electron chi connectivity index (χ0n) is 14.3. The first-order valence-corrected chi connectivity index (χ1v) is 8.05. The van der Waals surface area contributed by atoms with E-state index in [2.05, 4.69) is 46.7 Å². The largest absolute Gasteiger partial charge is 0.362 e. The molecule has 0 aliphatic heterocycles. The minimum atomic E-state index is -0.281. The summed E-state index contributed by atoms with van der Waals surface area (Å²) in [5, 5.41) is 9.73. The van der Waals surface area contributed by atoms with Gasteiger partial charge >= 0.3 is 0 Å². The van der Waals surface area contributed by atoms with Crippen molar-refractivity contribution in [3.05, 3.63) is 41.8 Å². The third-order valence-corrected chi connectivity index (χ3v) is 3.22. The van der Waals surface area contributed by atoms with Crippen molar-refractivity contribution in [2.75, 3.05) is 17.2 Å². The predicted octanol–water partition coefficient (Wildman–Crippen LogP) is 4.00. The summed E-state index contributed by atoms with van der Waals surface area (Å²) >= 11 is 5.27. The van der Waals surface area contributed by atoms with E-state index in [1.54, 1.807) is 18.2 Å². The van der Waals surface area contributed by atoms with Crippen LogP contribution in [0.4, 0.5) is 21.8 Å². The van der Waals surface area contributed by atoms with Crippen LogP contribution in [0.1, 0.15) is 26.5 Å². The average molecular weight is 347 g/mol. The molecule has 0 bridgehead atoms. The fraction of sp³-hybridized carbons (Fsp3) is 0.353. The number of benzene rings is 1. The highest BCUT2D eigenvalue weighted by molar-refractivity contribution is 7.80. The van der Waals surface area contributed by atoms with Crippen LogP contribution < -0.4 is 16.0 Å². The van der Waals surface area contributed by atoms with Gasteiger partial charge in [0, 0.05) is 24.0 Å². The summed E-state index contributed by atoms with van der Waals surface area (Å²) in [5.74, 6) is 0.735. The van der Waals surface area contributed by atoms with Gasteiger partial charge in [0.1, 0.15) is 11.6 Å². The Labute approximate surface area is 147 Å². The Morgan fingerprint density at radius 1 is 1.17 bits per heavy atom. The zero-order chi connectivity index (χ0) is 17.7. The van der Waals surface area contributed by atoms with Gasteiger partial charge in [0.15, 0.2) is 5.11 Å². The van der Waals surface area contributed by atoms with Gasteiger partial charge in [0.2, 0.25) is 5.95 Å². The summed E-state index contributed by atoms with van der Waals surface area (Å²) < 4.78 is 13.0. The van der Waals surface area contributed by atoms with Crippen LogP contribution in [0.25, 0.3) is 0 Å². The molecule has 1 aromatic carbocycles. The summed E-state index contributed by atoms with van der Waals surface area (Å²) in [6.45, 7) is 8.98. The highest BCUT2D eigenvalue weighted by atomic mass is 32.1. The number of aryl methyl sites for hydroxylation is 1. The lowest BCUT2D eigenvalue weighted by atomic mass is 9.97. The smallest absolute Gasteiger partial charge is 0.231 e. The SMILES string of the molecule is Cc1cc(Nc2ccc(F)cc2)nc(NC(=S)NCC(C)(C)C)n1. The number of anilines is 3. The Balaban J connectivity index is 2.05. The fourth-order valence-corrected chi connectivity index (χ4v) is 2.02. The molecule has 1 heterocycles. The molecule has 0 spiro atoms. The Hall–Kier alpha value is -2.28. The summed E-state index contributed by atoms with van der Waals surface area (Å²) in [7, 11) is 0. The Bertz CT molecular complexity index is 710. The van der Waals surface area contributed by atoms with E-state index >= 15 is 0 Å². The molecule has 2 aromatic rings. The molecule has 0 saturated heterocycles. The van der Waals surface area contributed by atoms with Crippen LogP contribution in [-0.2, 0) is 0 Å². The van der Waals surface area contributed by atoms with Crippen LogP contribution in [0.5, 0.6) is 0 Å². The lowest BCUT2D eigenvalue weighted by molar-refractivity contribution is 0.409. The fourth-order valence-electron chi connectivity index (χ4n) is 1.86. The van der Waals surface area contributed by atoms with Crippen LogP contribution in [-0.4, -0.2) is 21.6 Å². The molecule has 0 aliphatic rings. The van der Waals surface area contributed by atoms with E-state index in [1.165, 1.54) is 12.1 Å². The molecule has 0 unspecified atom stereocenters. The summed E-state index contributed by atoms with van der Waals surface area (Å²) in [6, 6.07) is 7.88. The Kier molecular flexibility index (Phi) is 5.66. The van der Waals surface area contributed by atoms with Gasteiger partial charge in [0.05, 0.1) is 0 Å². The molecule has 0 atom stereocenters. The van der Waals surface area contributed by atoms with Gasteiger partial charge in [-0.05, 0) is 48.8 Å². The van der Waals surface area contributed by atoms with Crippen molar-refractivity contribution in [2.45, 2.75) is 27.7 Å². The molecule has 0 amide bonds. The maximum absolute atomic E-state index is 13.0. The lowest BCUT2D eigenvalue weighted by Crippen LogP contribution is -2.35. The molecular formula is C17H22FN5S. The molecule has 0 saturated carbocycles. The van der Waals surface area contributed by atoms with E-state index in [-0.39, 0.29) is 11.2 Å². The molecule has 24 heavy (non-hydrogen) atoms.